The highest BCUT2D eigenvalue weighted by Gasteiger charge is 2.12. The molecule has 0 spiro atoms. The van der Waals surface area contributed by atoms with E-state index in [1.807, 2.05) is 22.6 Å². The van der Waals surface area contributed by atoms with E-state index in [1.54, 1.807) is 36.9 Å². The van der Waals surface area contributed by atoms with Gasteiger partial charge in [0.05, 0.1) is 27.8 Å². The molecule has 0 saturated heterocycles. The highest BCUT2D eigenvalue weighted by atomic mass is 127. The summed E-state index contributed by atoms with van der Waals surface area (Å²) in [5, 5.41) is 0. The molecule has 0 N–H and O–H groups in total. The first kappa shape index (κ1) is 13.0. The Morgan fingerprint density at radius 3 is 2.83 bits per heavy atom. The Kier molecular flexibility index (Phi) is 3.65. The zero-order valence-electron chi connectivity index (χ0n) is 10.1. The van der Waals surface area contributed by atoms with Crippen molar-refractivity contribution in [3.05, 3.63) is 50.0 Å². The quantitative estimate of drug-likeness (QED) is 0.616. The molecule has 6 heteroatoms. The van der Waals surface area contributed by atoms with Crippen LogP contribution in [0, 0.1) is 10.5 Å². The van der Waals surface area contributed by atoms with Crippen LogP contribution in [0.15, 0.2) is 29.5 Å². The van der Waals surface area contributed by atoms with Crippen LogP contribution in [0.3, 0.4) is 0 Å². The molecule has 18 heavy (non-hydrogen) atoms. The predicted octanol–water partition coefficient (Wildman–Crippen LogP) is 1.38. The lowest BCUT2D eigenvalue weighted by molar-refractivity contribution is 0.0962. The van der Waals surface area contributed by atoms with Crippen LogP contribution in [0.25, 0.3) is 0 Å². The number of hydrogen-bond acceptors (Lipinski definition) is 3. The van der Waals surface area contributed by atoms with E-state index in [-0.39, 0.29) is 17.9 Å². The molecule has 2 aromatic rings. The number of ketones is 1. The number of carbonyl (C=O) groups excluding carboxylic acids is 1. The third kappa shape index (κ3) is 2.38. The van der Waals surface area contributed by atoms with Crippen LogP contribution in [-0.4, -0.2) is 19.9 Å². The molecule has 0 unspecified atom stereocenters. The zero-order chi connectivity index (χ0) is 13.3. The second-order valence-corrected chi connectivity index (χ2v) is 5.08. The molecule has 0 aromatic carbocycles. The Bertz CT molecular complexity index is 658. The molecular weight excluding hydrogens is 345 g/mol. The minimum absolute atomic E-state index is 0.0139. The topological polar surface area (TPSA) is 56.9 Å². The van der Waals surface area contributed by atoms with Crippen molar-refractivity contribution >= 4 is 28.4 Å². The SMILES string of the molecule is Cc1ncn(CC(=O)c2cccn2C)c(=O)c1I. The van der Waals surface area contributed by atoms with Gasteiger partial charge in [-0.3, -0.25) is 14.2 Å². The van der Waals surface area contributed by atoms with Gasteiger partial charge in [-0.2, -0.15) is 0 Å². The molecule has 0 fully saturated rings. The summed E-state index contributed by atoms with van der Waals surface area (Å²) in [6.07, 6.45) is 3.22. The number of nitrogens with zero attached hydrogens (tertiary/aromatic N) is 3. The van der Waals surface area contributed by atoms with Crippen LogP contribution in [0.4, 0.5) is 0 Å². The predicted molar refractivity (Wildman–Crippen MR) is 75.7 cm³/mol. The lowest BCUT2D eigenvalue weighted by atomic mass is 10.3. The molecule has 2 aromatic heterocycles. The minimum atomic E-state index is -0.175. The summed E-state index contributed by atoms with van der Waals surface area (Å²) in [7, 11) is 1.80. The Balaban J connectivity index is 2.31. The van der Waals surface area contributed by atoms with E-state index in [1.165, 1.54) is 10.9 Å². The van der Waals surface area contributed by atoms with E-state index in [2.05, 4.69) is 4.98 Å². The lowest BCUT2D eigenvalue weighted by Crippen LogP contribution is -2.28. The average Bonchev–Trinajstić information content (AvgIpc) is 2.76. The van der Waals surface area contributed by atoms with Crippen LogP contribution in [-0.2, 0) is 13.6 Å². The van der Waals surface area contributed by atoms with Gasteiger partial charge in [0.25, 0.3) is 5.56 Å². The molecule has 0 radical (unpaired) electrons. The summed E-state index contributed by atoms with van der Waals surface area (Å²) in [4.78, 5) is 28.1. The van der Waals surface area contributed by atoms with Crippen molar-refractivity contribution in [2.24, 2.45) is 7.05 Å². The third-order valence-corrected chi connectivity index (χ3v) is 3.94. The molecule has 2 heterocycles. The van der Waals surface area contributed by atoms with Crippen LogP contribution in [0.1, 0.15) is 16.2 Å². The van der Waals surface area contributed by atoms with Gasteiger partial charge in [0.2, 0.25) is 0 Å². The number of Topliss-reactive ketones (excluding diaryl/α,β-unsaturated/α-hetero) is 1. The number of aromatic nitrogens is 3. The van der Waals surface area contributed by atoms with E-state index in [9.17, 15) is 9.59 Å². The van der Waals surface area contributed by atoms with Crippen LogP contribution < -0.4 is 5.56 Å². The zero-order valence-corrected chi connectivity index (χ0v) is 12.2. The van der Waals surface area contributed by atoms with E-state index in [0.29, 0.717) is 15.0 Å². The van der Waals surface area contributed by atoms with Gasteiger partial charge >= 0.3 is 0 Å². The number of halogens is 1. The van der Waals surface area contributed by atoms with Crippen molar-refractivity contribution in [2.45, 2.75) is 13.5 Å². The first-order valence-corrected chi connectivity index (χ1v) is 6.44. The molecule has 0 aliphatic carbocycles. The van der Waals surface area contributed by atoms with E-state index >= 15 is 0 Å². The van der Waals surface area contributed by atoms with E-state index in [0.717, 1.165) is 0 Å². The van der Waals surface area contributed by atoms with Crippen molar-refractivity contribution in [3.63, 3.8) is 0 Å². The molecule has 5 nitrogen and oxygen atoms in total. The smallest absolute Gasteiger partial charge is 0.267 e. The normalized spacial score (nSPS) is 10.6. The monoisotopic (exact) mass is 357 g/mol. The van der Waals surface area contributed by atoms with E-state index in [4.69, 9.17) is 0 Å². The largest absolute Gasteiger partial charge is 0.348 e. The molecule has 2 rings (SSSR count). The second-order valence-electron chi connectivity index (χ2n) is 4.00. The third-order valence-electron chi connectivity index (χ3n) is 2.70. The maximum Gasteiger partial charge on any atom is 0.267 e. The van der Waals surface area contributed by atoms with Gasteiger partial charge in [0.1, 0.15) is 0 Å². The summed E-state index contributed by atoms with van der Waals surface area (Å²) >= 11 is 1.95. The average molecular weight is 357 g/mol. The maximum atomic E-state index is 12.0. The summed E-state index contributed by atoms with van der Waals surface area (Å²) in [5.41, 5.74) is 1.09. The fourth-order valence-corrected chi connectivity index (χ4v) is 2.09. The van der Waals surface area contributed by atoms with Crippen molar-refractivity contribution in [3.8, 4) is 0 Å². The second kappa shape index (κ2) is 5.05. The van der Waals surface area contributed by atoms with E-state index < -0.39 is 0 Å². The van der Waals surface area contributed by atoms with Gasteiger partial charge in [-0.15, -0.1) is 0 Å². The molecular formula is C12H12IN3O2. The molecule has 0 aliphatic heterocycles. The molecule has 0 saturated carbocycles. The number of aryl methyl sites for hydroxylation is 2. The Morgan fingerprint density at radius 1 is 1.50 bits per heavy atom. The first-order valence-electron chi connectivity index (χ1n) is 5.36. The van der Waals surface area contributed by atoms with Gasteiger partial charge in [0, 0.05) is 13.2 Å². The van der Waals surface area contributed by atoms with Gasteiger partial charge in [-0.1, -0.05) is 0 Å². The Morgan fingerprint density at radius 2 is 2.22 bits per heavy atom. The van der Waals surface area contributed by atoms with Gasteiger partial charge in [-0.25, -0.2) is 4.98 Å². The fourth-order valence-electron chi connectivity index (χ4n) is 1.65. The van der Waals surface area contributed by atoms with Gasteiger partial charge < -0.3 is 4.57 Å². The Labute approximate surface area is 118 Å². The highest BCUT2D eigenvalue weighted by molar-refractivity contribution is 14.1. The highest BCUT2D eigenvalue weighted by Crippen LogP contribution is 2.04. The van der Waals surface area contributed by atoms with Crippen LogP contribution in [0.2, 0.25) is 0 Å². The van der Waals surface area contributed by atoms with Crippen LogP contribution in [0.5, 0.6) is 0 Å². The van der Waals surface area contributed by atoms with Crippen molar-refractivity contribution in [1.29, 1.82) is 0 Å². The summed E-state index contributed by atoms with van der Waals surface area (Å²) in [6.45, 7) is 1.78. The van der Waals surface area contributed by atoms with Crippen molar-refractivity contribution < 1.29 is 4.79 Å². The molecule has 94 valence electrons. The van der Waals surface area contributed by atoms with Crippen molar-refractivity contribution in [1.82, 2.24) is 14.1 Å². The standard InChI is InChI=1S/C12H12IN3O2/c1-8-11(13)12(18)16(7-14-8)6-10(17)9-4-3-5-15(9)2/h3-5,7H,6H2,1-2H3. The Hall–Kier alpha value is -1.44. The summed E-state index contributed by atoms with van der Waals surface area (Å²) < 4.78 is 3.62. The van der Waals surface area contributed by atoms with Gasteiger partial charge in [0.15, 0.2) is 5.78 Å². The number of rotatable bonds is 3. The first-order chi connectivity index (χ1) is 8.50. The summed E-state index contributed by atoms with van der Waals surface area (Å²) in [6, 6.07) is 3.53. The molecule has 0 bridgehead atoms. The molecule has 0 aliphatic rings. The van der Waals surface area contributed by atoms with Crippen molar-refractivity contribution in [2.75, 3.05) is 0 Å². The summed E-state index contributed by atoms with van der Waals surface area (Å²) in [5.74, 6) is -0.106. The molecule has 0 amide bonds. The number of hydrogen-bond donors (Lipinski definition) is 0. The maximum absolute atomic E-state index is 12.0. The number of carbonyl (C=O) groups is 1. The van der Waals surface area contributed by atoms with Crippen LogP contribution >= 0.6 is 22.6 Å². The minimum Gasteiger partial charge on any atom is -0.348 e. The fraction of sp³-hybridized carbons (Fsp3) is 0.250. The van der Waals surface area contributed by atoms with Gasteiger partial charge in [-0.05, 0) is 41.6 Å². The lowest BCUT2D eigenvalue weighted by Gasteiger charge is -2.07. The molecule has 0 atom stereocenters.